The third-order valence-electron chi connectivity index (χ3n) is 6.18. The molecule has 1 aromatic heterocycles. The van der Waals surface area contributed by atoms with Crippen molar-refractivity contribution >= 4 is 5.91 Å². The predicted molar refractivity (Wildman–Crippen MR) is 111 cm³/mol. The Kier molecular flexibility index (Phi) is 4.68. The van der Waals surface area contributed by atoms with E-state index in [2.05, 4.69) is 58.6 Å². The molecule has 1 saturated heterocycles. The number of nitrogens with zero attached hydrogens (tertiary/aromatic N) is 3. The van der Waals surface area contributed by atoms with Gasteiger partial charge < -0.3 is 9.42 Å². The first kappa shape index (κ1) is 18.1. The minimum absolute atomic E-state index is 0.0387. The Morgan fingerprint density at radius 2 is 1.52 bits per heavy atom. The summed E-state index contributed by atoms with van der Waals surface area (Å²) in [5.41, 5.74) is 6.09. The maximum absolute atomic E-state index is 12.7. The SMILES string of the molecule is Cc1cc(C(=O)N2CCN(C3c4ccccc4CCc4ccccc43)CC2)no1. The maximum atomic E-state index is 12.7. The molecule has 0 N–H and O–H groups in total. The summed E-state index contributed by atoms with van der Waals surface area (Å²) in [6.07, 6.45) is 2.15. The van der Waals surface area contributed by atoms with E-state index < -0.39 is 0 Å². The molecule has 0 saturated carbocycles. The molecule has 0 unspecified atom stereocenters. The van der Waals surface area contributed by atoms with Gasteiger partial charge in [-0.05, 0) is 42.0 Å². The van der Waals surface area contributed by atoms with Gasteiger partial charge in [-0.1, -0.05) is 53.7 Å². The van der Waals surface area contributed by atoms with Crippen LogP contribution in [-0.2, 0) is 12.8 Å². The van der Waals surface area contributed by atoms with Crippen molar-refractivity contribution in [1.82, 2.24) is 15.0 Å². The van der Waals surface area contributed by atoms with E-state index in [0.717, 1.165) is 25.9 Å². The molecule has 0 atom stereocenters. The molecule has 2 aromatic carbocycles. The summed E-state index contributed by atoms with van der Waals surface area (Å²) in [5.74, 6) is 0.627. The summed E-state index contributed by atoms with van der Waals surface area (Å²) in [6, 6.07) is 19.6. The highest BCUT2D eigenvalue weighted by molar-refractivity contribution is 5.92. The molecule has 5 rings (SSSR count). The van der Waals surface area contributed by atoms with Crippen LogP contribution in [0.1, 0.15) is 44.5 Å². The van der Waals surface area contributed by atoms with E-state index in [1.807, 2.05) is 11.8 Å². The third-order valence-corrected chi connectivity index (χ3v) is 6.18. The van der Waals surface area contributed by atoms with Gasteiger partial charge >= 0.3 is 0 Å². The second-order valence-corrected chi connectivity index (χ2v) is 7.95. The van der Waals surface area contributed by atoms with Crippen LogP contribution in [0.5, 0.6) is 0 Å². The van der Waals surface area contributed by atoms with Gasteiger partial charge in [-0.25, -0.2) is 0 Å². The van der Waals surface area contributed by atoms with Crippen molar-refractivity contribution in [2.45, 2.75) is 25.8 Å². The summed E-state index contributed by atoms with van der Waals surface area (Å²) in [7, 11) is 0. The number of hydrogen-bond acceptors (Lipinski definition) is 4. The van der Waals surface area contributed by atoms with Gasteiger partial charge in [-0.3, -0.25) is 9.69 Å². The van der Waals surface area contributed by atoms with E-state index >= 15 is 0 Å². The summed E-state index contributed by atoms with van der Waals surface area (Å²) < 4.78 is 5.08. The maximum Gasteiger partial charge on any atom is 0.276 e. The van der Waals surface area contributed by atoms with E-state index in [9.17, 15) is 4.79 Å². The number of amides is 1. The number of fused-ring (bicyclic) bond motifs is 2. The average Bonchev–Trinajstić information content (AvgIpc) is 3.12. The minimum atomic E-state index is -0.0387. The van der Waals surface area contributed by atoms with Crippen LogP contribution in [0.15, 0.2) is 59.1 Å². The van der Waals surface area contributed by atoms with Crippen LogP contribution in [0, 0.1) is 6.92 Å². The number of aryl methyl sites for hydroxylation is 3. The van der Waals surface area contributed by atoms with Crippen molar-refractivity contribution in [2.75, 3.05) is 26.2 Å². The quantitative estimate of drug-likeness (QED) is 0.674. The highest BCUT2D eigenvalue weighted by atomic mass is 16.5. The lowest BCUT2D eigenvalue weighted by atomic mass is 9.92. The molecule has 29 heavy (non-hydrogen) atoms. The van der Waals surface area contributed by atoms with Crippen LogP contribution in [0.2, 0.25) is 0 Å². The second-order valence-electron chi connectivity index (χ2n) is 7.95. The molecule has 0 spiro atoms. The lowest BCUT2D eigenvalue weighted by molar-refractivity contribution is 0.0587. The van der Waals surface area contributed by atoms with Gasteiger partial charge in [0.15, 0.2) is 5.69 Å². The first-order chi connectivity index (χ1) is 14.2. The molecule has 2 heterocycles. The van der Waals surface area contributed by atoms with E-state index in [1.54, 1.807) is 6.07 Å². The van der Waals surface area contributed by atoms with Gasteiger partial charge in [0.25, 0.3) is 5.91 Å². The number of carbonyl (C=O) groups excluding carboxylic acids is 1. The van der Waals surface area contributed by atoms with Gasteiger partial charge in [0.1, 0.15) is 5.76 Å². The molecular formula is C24H25N3O2. The average molecular weight is 387 g/mol. The summed E-state index contributed by atoms with van der Waals surface area (Å²) in [4.78, 5) is 17.2. The van der Waals surface area contributed by atoms with Crippen LogP contribution in [0.4, 0.5) is 0 Å². The molecule has 1 aliphatic heterocycles. The van der Waals surface area contributed by atoms with Gasteiger partial charge in [-0.2, -0.15) is 0 Å². The minimum Gasteiger partial charge on any atom is -0.361 e. The van der Waals surface area contributed by atoms with Crippen LogP contribution in [0.3, 0.4) is 0 Å². The van der Waals surface area contributed by atoms with Crippen LogP contribution in [0.25, 0.3) is 0 Å². The van der Waals surface area contributed by atoms with Crippen molar-refractivity contribution in [3.8, 4) is 0 Å². The molecule has 5 heteroatoms. The van der Waals surface area contributed by atoms with Crippen LogP contribution in [-0.4, -0.2) is 47.0 Å². The first-order valence-corrected chi connectivity index (χ1v) is 10.3. The van der Waals surface area contributed by atoms with E-state index in [-0.39, 0.29) is 11.9 Å². The summed E-state index contributed by atoms with van der Waals surface area (Å²) in [6.45, 7) is 4.89. The molecule has 5 nitrogen and oxygen atoms in total. The molecule has 1 aliphatic carbocycles. The largest absolute Gasteiger partial charge is 0.361 e. The molecule has 1 amide bonds. The Morgan fingerprint density at radius 3 is 2.07 bits per heavy atom. The van der Waals surface area contributed by atoms with Crippen molar-refractivity contribution in [2.24, 2.45) is 0 Å². The van der Waals surface area contributed by atoms with Crippen molar-refractivity contribution in [3.63, 3.8) is 0 Å². The van der Waals surface area contributed by atoms with Gasteiger partial charge in [-0.15, -0.1) is 0 Å². The Balaban J connectivity index is 1.41. The standard InChI is InChI=1S/C24H25N3O2/c1-17-16-22(25-29-17)24(28)27-14-12-26(13-15-27)23-20-8-4-2-6-18(20)10-11-19-7-3-5-9-21(19)23/h2-9,16,23H,10-15H2,1H3. The number of rotatable bonds is 2. The fraction of sp³-hybridized carbons (Fsp3) is 0.333. The third kappa shape index (κ3) is 3.36. The molecule has 0 radical (unpaired) electrons. The second kappa shape index (κ2) is 7.48. The zero-order valence-corrected chi connectivity index (χ0v) is 16.7. The van der Waals surface area contributed by atoms with Gasteiger partial charge in [0.2, 0.25) is 0 Å². The molecule has 0 bridgehead atoms. The number of aromatic nitrogens is 1. The lowest BCUT2D eigenvalue weighted by Crippen LogP contribution is -2.50. The predicted octanol–water partition coefficient (Wildman–Crippen LogP) is 3.63. The molecule has 3 aromatic rings. The Morgan fingerprint density at radius 1 is 0.931 bits per heavy atom. The number of piperazine rings is 1. The van der Waals surface area contributed by atoms with E-state index in [1.165, 1.54) is 22.3 Å². The van der Waals surface area contributed by atoms with Crippen LogP contribution < -0.4 is 0 Å². The molecule has 148 valence electrons. The highest BCUT2D eigenvalue weighted by Gasteiger charge is 2.32. The van der Waals surface area contributed by atoms with Gasteiger partial charge in [0, 0.05) is 32.2 Å². The van der Waals surface area contributed by atoms with E-state index in [0.29, 0.717) is 24.5 Å². The number of benzene rings is 2. The molecular weight excluding hydrogens is 362 g/mol. The fourth-order valence-electron chi connectivity index (χ4n) is 4.70. The van der Waals surface area contributed by atoms with Gasteiger partial charge in [0.05, 0.1) is 6.04 Å². The summed E-state index contributed by atoms with van der Waals surface area (Å²) >= 11 is 0. The monoisotopic (exact) mass is 387 g/mol. The lowest BCUT2D eigenvalue weighted by Gasteiger charge is -2.40. The zero-order chi connectivity index (χ0) is 19.8. The normalized spacial score (nSPS) is 17.5. The Labute approximate surface area is 170 Å². The van der Waals surface area contributed by atoms with Crippen molar-refractivity contribution < 1.29 is 9.32 Å². The van der Waals surface area contributed by atoms with Crippen LogP contribution >= 0.6 is 0 Å². The smallest absolute Gasteiger partial charge is 0.276 e. The summed E-state index contributed by atoms with van der Waals surface area (Å²) in [5, 5.41) is 3.89. The fourth-order valence-corrected chi connectivity index (χ4v) is 4.70. The topological polar surface area (TPSA) is 49.6 Å². The number of carbonyl (C=O) groups is 1. The van der Waals surface area contributed by atoms with Crippen molar-refractivity contribution in [3.05, 3.63) is 88.3 Å². The zero-order valence-electron chi connectivity index (χ0n) is 16.7. The first-order valence-electron chi connectivity index (χ1n) is 10.3. The van der Waals surface area contributed by atoms with E-state index in [4.69, 9.17) is 4.52 Å². The Bertz CT molecular complexity index is 986. The highest BCUT2D eigenvalue weighted by Crippen LogP contribution is 2.37. The number of hydrogen-bond donors (Lipinski definition) is 0. The van der Waals surface area contributed by atoms with Crippen molar-refractivity contribution in [1.29, 1.82) is 0 Å². The Hall–Kier alpha value is -2.92. The molecule has 2 aliphatic rings. The molecule has 1 fully saturated rings.